The molecular formula is C19H26N4O2. The van der Waals surface area contributed by atoms with E-state index in [0.717, 1.165) is 37.9 Å². The largest absolute Gasteiger partial charge is 0.340 e. The van der Waals surface area contributed by atoms with Crippen molar-refractivity contribution >= 4 is 5.78 Å². The summed E-state index contributed by atoms with van der Waals surface area (Å²) in [7, 11) is 0. The standard InChI is InChI=1S/C19H26N4O2/c1-13(2)11-14-3-5-15(6-4-14)18(24)16-7-9-23(10-8-16)12-17-20-19(25)22-21-17/h3-6,13,16H,7-12H2,1-2H3,(H2,20,21,22,25). The van der Waals surface area contributed by atoms with Crippen molar-refractivity contribution in [1.29, 1.82) is 0 Å². The van der Waals surface area contributed by atoms with Crippen LogP contribution < -0.4 is 5.69 Å². The van der Waals surface area contributed by atoms with Gasteiger partial charge < -0.3 is 0 Å². The quantitative estimate of drug-likeness (QED) is 0.790. The van der Waals surface area contributed by atoms with Crippen molar-refractivity contribution in [2.45, 2.75) is 39.7 Å². The van der Waals surface area contributed by atoms with Gasteiger partial charge in [-0.25, -0.2) is 9.89 Å². The fourth-order valence-corrected chi connectivity index (χ4v) is 3.46. The molecule has 6 heteroatoms. The van der Waals surface area contributed by atoms with Crippen LogP contribution in [0.2, 0.25) is 0 Å². The van der Waals surface area contributed by atoms with Gasteiger partial charge in [-0.2, -0.15) is 5.10 Å². The number of nitrogens with zero attached hydrogens (tertiary/aromatic N) is 2. The number of aromatic nitrogens is 3. The second-order valence-electron chi connectivity index (χ2n) is 7.33. The van der Waals surface area contributed by atoms with Gasteiger partial charge in [0.2, 0.25) is 0 Å². The first kappa shape index (κ1) is 17.6. The van der Waals surface area contributed by atoms with Gasteiger partial charge in [-0.15, -0.1) is 0 Å². The molecule has 3 rings (SSSR count). The fourth-order valence-electron chi connectivity index (χ4n) is 3.46. The zero-order chi connectivity index (χ0) is 17.8. The summed E-state index contributed by atoms with van der Waals surface area (Å²) >= 11 is 0. The lowest BCUT2D eigenvalue weighted by Crippen LogP contribution is -2.36. The maximum atomic E-state index is 12.7. The van der Waals surface area contributed by atoms with E-state index in [-0.39, 0.29) is 17.4 Å². The maximum Gasteiger partial charge on any atom is 0.340 e. The molecule has 1 aromatic heterocycles. The van der Waals surface area contributed by atoms with Crippen LogP contribution in [0.15, 0.2) is 29.1 Å². The first-order valence-corrected chi connectivity index (χ1v) is 9.00. The van der Waals surface area contributed by atoms with E-state index in [1.54, 1.807) is 0 Å². The third kappa shape index (κ3) is 4.66. The van der Waals surface area contributed by atoms with Gasteiger partial charge in [0.1, 0.15) is 5.82 Å². The Morgan fingerprint density at radius 3 is 2.48 bits per heavy atom. The van der Waals surface area contributed by atoms with Gasteiger partial charge in [0.15, 0.2) is 5.78 Å². The number of hydrogen-bond donors (Lipinski definition) is 2. The van der Waals surface area contributed by atoms with E-state index < -0.39 is 0 Å². The SMILES string of the molecule is CC(C)Cc1ccc(C(=O)C2CCN(Cc3n[nH]c(=O)[nH]3)CC2)cc1. The molecule has 0 amide bonds. The summed E-state index contributed by atoms with van der Waals surface area (Å²) in [5.74, 6) is 1.61. The molecule has 0 radical (unpaired) electrons. The Bertz CT molecular complexity index is 752. The van der Waals surface area contributed by atoms with Crippen LogP contribution in [0.25, 0.3) is 0 Å². The molecule has 0 unspecified atom stereocenters. The topological polar surface area (TPSA) is 81.8 Å². The number of ketones is 1. The molecule has 2 aromatic rings. The van der Waals surface area contributed by atoms with Gasteiger partial charge in [-0.3, -0.25) is 14.7 Å². The third-order valence-corrected chi connectivity index (χ3v) is 4.76. The molecule has 0 bridgehead atoms. The van der Waals surface area contributed by atoms with Crippen molar-refractivity contribution in [3.8, 4) is 0 Å². The summed E-state index contributed by atoms with van der Waals surface area (Å²) in [5, 5.41) is 6.32. The number of nitrogens with one attached hydrogen (secondary N) is 2. The first-order chi connectivity index (χ1) is 12.0. The highest BCUT2D eigenvalue weighted by atomic mass is 16.1. The fraction of sp³-hybridized carbons (Fsp3) is 0.526. The van der Waals surface area contributed by atoms with Gasteiger partial charge in [0.05, 0.1) is 6.54 Å². The molecule has 6 nitrogen and oxygen atoms in total. The van der Waals surface area contributed by atoms with E-state index in [0.29, 0.717) is 18.3 Å². The Hall–Kier alpha value is -2.21. The van der Waals surface area contributed by atoms with Crippen LogP contribution in [0.4, 0.5) is 0 Å². The molecule has 0 aliphatic carbocycles. The number of benzene rings is 1. The molecule has 134 valence electrons. The van der Waals surface area contributed by atoms with Crippen molar-refractivity contribution in [2.75, 3.05) is 13.1 Å². The molecule has 2 N–H and O–H groups in total. The van der Waals surface area contributed by atoms with Crippen molar-refractivity contribution in [2.24, 2.45) is 11.8 Å². The normalized spacial score (nSPS) is 16.4. The average Bonchev–Trinajstić information content (AvgIpc) is 3.00. The maximum absolute atomic E-state index is 12.7. The minimum absolute atomic E-state index is 0.0884. The van der Waals surface area contributed by atoms with Crippen LogP contribution in [-0.4, -0.2) is 39.0 Å². The molecule has 0 spiro atoms. The van der Waals surface area contributed by atoms with Gasteiger partial charge in [-0.05, 0) is 43.8 Å². The van der Waals surface area contributed by atoms with E-state index in [1.165, 1.54) is 5.56 Å². The second kappa shape index (κ2) is 7.78. The van der Waals surface area contributed by atoms with Gasteiger partial charge in [-0.1, -0.05) is 38.1 Å². The average molecular weight is 342 g/mol. The van der Waals surface area contributed by atoms with E-state index in [2.05, 4.69) is 46.1 Å². The second-order valence-corrected chi connectivity index (χ2v) is 7.33. The lowest BCUT2D eigenvalue weighted by Gasteiger charge is -2.30. The molecule has 1 fully saturated rings. The van der Waals surface area contributed by atoms with E-state index >= 15 is 0 Å². The van der Waals surface area contributed by atoms with Gasteiger partial charge >= 0.3 is 5.69 Å². The summed E-state index contributed by atoms with van der Waals surface area (Å²) in [6.07, 6.45) is 2.74. The van der Waals surface area contributed by atoms with Crippen molar-refractivity contribution < 1.29 is 4.79 Å². The summed E-state index contributed by atoms with van der Waals surface area (Å²) in [5.41, 5.74) is 1.83. The minimum Gasteiger partial charge on any atom is -0.296 e. The molecule has 1 aliphatic rings. The molecule has 0 saturated carbocycles. The lowest BCUT2D eigenvalue weighted by atomic mass is 9.88. The number of hydrogen-bond acceptors (Lipinski definition) is 4. The van der Waals surface area contributed by atoms with Crippen molar-refractivity contribution in [3.63, 3.8) is 0 Å². The third-order valence-electron chi connectivity index (χ3n) is 4.76. The lowest BCUT2D eigenvalue weighted by molar-refractivity contribution is 0.0833. The van der Waals surface area contributed by atoms with E-state index in [4.69, 9.17) is 0 Å². The number of carbonyl (C=O) groups excluding carboxylic acids is 1. The zero-order valence-electron chi connectivity index (χ0n) is 14.9. The van der Waals surface area contributed by atoms with Crippen LogP contribution in [0.3, 0.4) is 0 Å². The molecule has 1 aromatic carbocycles. The number of likely N-dealkylation sites (tertiary alicyclic amines) is 1. The molecule has 0 atom stereocenters. The molecule has 1 aliphatic heterocycles. The van der Waals surface area contributed by atoms with Crippen LogP contribution in [0.5, 0.6) is 0 Å². The summed E-state index contributed by atoms with van der Waals surface area (Å²) in [6.45, 7) is 6.70. The highest BCUT2D eigenvalue weighted by molar-refractivity contribution is 5.97. The van der Waals surface area contributed by atoms with Gasteiger partial charge in [0, 0.05) is 11.5 Å². The smallest absolute Gasteiger partial charge is 0.296 e. The van der Waals surface area contributed by atoms with E-state index in [9.17, 15) is 9.59 Å². The molecular weight excluding hydrogens is 316 g/mol. The minimum atomic E-state index is -0.277. The van der Waals surface area contributed by atoms with Crippen LogP contribution in [-0.2, 0) is 13.0 Å². The predicted octanol–water partition coefficient (Wildman–Crippen LogP) is 2.39. The number of aromatic amines is 2. The van der Waals surface area contributed by atoms with Crippen LogP contribution in [0.1, 0.15) is 48.4 Å². The number of H-pyrrole nitrogens is 2. The monoisotopic (exact) mass is 342 g/mol. The molecule has 1 saturated heterocycles. The highest BCUT2D eigenvalue weighted by Gasteiger charge is 2.26. The summed E-state index contributed by atoms with van der Waals surface area (Å²) in [4.78, 5) is 28.7. The predicted molar refractivity (Wildman–Crippen MR) is 96.5 cm³/mol. The number of piperidine rings is 1. The Balaban J connectivity index is 1.53. The van der Waals surface area contributed by atoms with E-state index in [1.807, 2.05) is 12.1 Å². The molecule has 2 heterocycles. The van der Waals surface area contributed by atoms with Gasteiger partial charge in [0.25, 0.3) is 0 Å². The Labute approximate surface area is 147 Å². The summed E-state index contributed by atoms with van der Waals surface area (Å²) < 4.78 is 0. The van der Waals surface area contributed by atoms with Crippen LogP contribution >= 0.6 is 0 Å². The highest BCUT2D eigenvalue weighted by Crippen LogP contribution is 2.23. The number of Topliss-reactive ketones (excluding diaryl/α,β-unsaturated/α-hetero) is 1. The van der Waals surface area contributed by atoms with Crippen molar-refractivity contribution in [3.05, 3.63) is 51.7 Å². The number of carbonyl (C=O) groups is 1. The number of rotatable bonds is 6. The first-order valence-electron chi connectivity index (χ1n) is 9.00. The molecule has 25 heavy (non-hydrogen) atoms. The zero-order valence-corrected chi connectivity index (χ0v) is 14.9. The Morgan fingerprint density at radius 1 is 1.24 bits per heavy atom. The Morgan fingerprint density at radius 2 is 1.92 bits per heavy atom. The summed E-state index contributed by atoms with van der Waals surface area (Å²) in [6, 6.07) is 8.11. The Kier molecular flexibility index (Phi) is 5.48. The van der Waals surface area contributed by atoms with Crippen molar-refractivity contribution in [1.82, 2.24) is 20.1 Å². The van der Waals surface area contributed by atoms with Crippen LogP contribution in [0, 0.1) is 11.8 Å².